The largest absolute Gasteiger partial charge is 0.313 e. The number of sulfonamides is 1. The first-order chi connectivity index (χ1) is 9.34. The lowest BCUT2D eigenvalue weighted by molar-refractivity contribution is 0.354. The van der Waals surface area contributed by atoms with Crippen LogP contribution in [-0.4, -0.2) is 32.4 Å². The molecule has 1 rings (SSSR count). The first-order valence-corrected chi connectivity index (χ1v) is 8.57. The van der Waals surface area contributed by atoms with Crippen molar-refractivity contribution < 1.29 is 8.42 Å². The second-order valence-electron chi connectivity index (χ2n) is 5.29. The molecule has 0 radical (unpaired) electrons. The van der Waals surface area contributed by atoms with Crippen molar-refractivity contribution in [3.05, 3.63) is 29.8 Å². The van der Waals surface area contributed by atoms with Crippen LogP contribution in [0.3, 0.4) is 0 Å². The molecule has 0 aliphatic rings. The molecule has 0 aliphatic heterocycles. The minimum Gasteiger partial charge on any atom is -0.313 e. The van der Waals surface area contributed by atoms with Crippen molar-refractivity contribution >= 4 is 10.0 Å². The molecule has 0 aromatic heterocycles. The molecule has 114 valence electrons. The molecule has 1 atom stereocenters. The second kappa shape index (κ2) is 7.20. The molecular weight excluding hydrogens is 272 g/mol. The standard InChI is InChI=1S/C15H26N2O2S/c1-6-10-17(12(2)3)20(18,19)15-9-7-8-14(11-15)13(4)16-5/h7-9,11-13,16H,6,10H2,1-5H3. The monoisotopic (exact) mass is 298 g/mol. The fraction of sp³-hybridized carbons (Fsp3) is 0.600. The molecule has 0 fully saturated rings. The molecule has 1 unspecified atom stereocenters. The van der Waals surface area contributed by atoms with Crippen LogP contribution in [0, 0.1) is 0 Å². The van der Waals surface area contributed by atoms with Crippen LogP contribution in [0.5, 0.6) is 0 Å². The summed E-state index contributed by atoms with van der Waals surface area (Å²) < 4.78 is 27.0. The fourth-order valence-electron chi connectivity index (χ4n) is 2.12. The Morgan fingerprint density at radius 2 is 1.90 bits per heavy atom. The quantitative estimate of drug-likeness (QED) is 0.842. The molecule has 5 heteroatoms. The molecule has 20 heavy (non-hydrogen) atoms. The molecule has 1 N–H and O–H groups in total. The normalized spacial score (nSPS) is 13.9. The third-order valence-electron chi connectivity index (χ3n) is 3.42. The molecule has 0 amide bonds. The Morgan fingerprint density at radius 1 is 1.25 bits per heavy atom. The lowest BCUT2D eigenvalue weighted by atomic mass is 10.1. The summed E-state index contributed by atoms with van der Waals surface area (Å²) in [5.74, 6) is 0. The summed E-state index contributed by atoms with van der Waals surface area (Å²) in [6.45, 7) is 8.37. The highest BCUT2D eigenvalue weighted by atomic mass is 32.2. The van der Waals surface area contributed by atoms with Crippen LogP contribution in [0.2, 0.25) is 0 Å². The molecule has 0 bridgehead atoms. The highest BCUT2D eigenvalue weighted by Gasteiger charge is 2.26. The lowest BCUT2D eigenvalue weighted by Crippen LogP contribution is -2.37. The van der Waals surface area contributed by atoms with Gasteiger partial charge in [-0.1, -0.05) is 19.1 Å². The van der Waals surface area contributed by atoms with Gasteiger partial charge in [0.15, 0.2) is 0 Å². The van der Waals surface area contributed by atoms with Crippen molar-refractivity contribution in [2.75, 3.05) is 13.6 Å². The zero-order valence-electron chi connectivity index (χ0n) is 13.1. The van der Waals surface area contributed by atoms with Crippen LogP contribution in [0.25, 0.3) is 0 Å². The molecule has 1 aromatic carbocycles. The minimum atomic E-state index is -3.42. The Morgan fingerprint density at radius 3 is 2.40 bits per heavy atom. The van der Waals surface area contributed by atoms with Crippen molar-refractivity contribution in [1.82, 2.24) is 9.62 Å². The predicted octanol–water partition coefficient (Wildman–Crippen LogP) is 2.78. The maximum atomic E-state index is 12.7. The Bertz CT molecular complexity index is 526. The van der Waals surface area contributed by atoms with Crippen molar-refractivity contribution in [1.29, 1.82) is 0 Å². The van der Waals surface area contributed by atoms with Gasteiger partial charge in [0.2, 0.25) is 10.0 Å². The number of benzene rings is 1. The molecule has 1 aromatic rings. The van der Waals surface area contributed by atoms with Crippen LogP contribution in [0.4, 0.5) is 0 Å². The third-order valence-corrected chi connectivity index (χ3v) is 5.49. The van der Waals surface area contributed by atoms with E-state index in [2.05, 4.69) is 5.32 Å². The van der Waals surface area contributed by atoms with Gasteiger partial charge < -0.3 is 5.32 Å². The Labute approximate surface area is 123 Å². The van der Waals surface area contributed by atoms with Gasteiger partial charge in [0, 0.05) is 18.6 Å². The summed E-state index contributed by atoms with van der Waals surface area (Å²) >= 11 is 0. The summed E-state index contributed by atoms with van der Waals surface area (Å²) in [5.41, 5.74) is 0.980. The van der Waals surface area contributed by atoms with Gasteiger partial charge in [-0.2, -0.15) is 4.31 Å². The molecule has 0 heterocycles. The van der Waals surface area contributed by atoms with Crippen LogP contribution < -0.4 is 5.32 Å². The van der Waals surface area contributed by atoms with Crippen molar-refractivity contribution in [3.8, 4) is 0 Å². The molecular formula is C15H26N2O2S. The van der Waals surface area contributed by atoms with E-state index >= 15 is 0 Å². The first kappa shape index (κ1) is 17.1. The van der Waals surface area contributed by atoms with E-state index in [0.717, 1.165) is 12.0 Å². The molecule has 0 saturated carbocycles. The molecule has 0 spiro atoms. The Hall–Kier alpha value is -0.910. The Balaban J connectivity index is 3.20. The van der Waals surface area contributed by atoms with Crippen molar-refractivity contribution in [2.24, 2.45) is 0 Å². The van der Waals surface area contributed by atoms with Gasteiger partial charge in [-0.15, -0.1) is 0 Å². The van der Waals surface area contributed by atoms with Crippen molar-refractivity contribution in [3.63, 3.8) is 0 Å². The van der Waals surface area contributed by atoms with E-state index in [9.17, 15) is 8.42 Å². The summed E-state index contributed by atoms with van der Waals surface area (Å²) in [6.07, 6.45) is 0.810. The van der Waals surface area contributed by atoms with E-state index < -0.39 is 10.0 Å². The predicted molar refractivity (Wildman–Crippen MR) is 83.2 cm³/mol. The average molecular weight is 298 g/mol. The number of hydrogen-bond acceptors (Lipinski definition) is 3. The van der Waals surface area contributed by atoms with Crippen LogP contribution >= 0.6 is 0 Å². The Kier molecular flexibility index (Phi) is 6.17. The summed E-state index contributed by atoms with van der Waals surface area (Å²) in [5, 5.41) is 3.13. The van der Waals surface area contributed by atoms with Crippen LogP contribution in [0.1, 0.15) is 45.7 Å². The van der Waals surface area contributed by atoms with E-state index in [1.165, 1.54) is 0 Å². The SMILES string of the molecule is CCCN(C(C)C)S(=O)(=O)c1cccc(C(C)NC)c1. The lowest BCUT2D eigenvalue weighted by Gasteiger charge is -2.26. The highest BCUT2D eigenvalue weighted by molar-refractivity contribution is 7.89. The maximum absolute atomic E-state index is 12.7. The topological polar surface area (TPSA) is 49.4 Å². The van der Waals surface area contributed by atoms with Gasteiger partial charge in [-0.3, -0.25) is 0 Å². The maximum Gasteiger partial charge on any atom is 0.243 e. The number of nitrogens with one attached hydrogen (secondary N) is 1. The summed E-state index contributed by atoms with van der Waals surface area (Å²) in [6, 6.07) is 7.28. The number of hydrogen-bond donors (Lipinski definition) is 1. The van der Waals surface area contributed by atoms with E-state index in [-0.39, 0.29) is 12.1 Å². The van der Waals surface area contributed by atoms with Gasteiger partial charge in [0.25, 0.3) is 0 Å². The van der Waals surface area contributed by atoms with Crippen LogP contribution in [0.15, 0.2) is 29.2 Å². The molecule has 0 aliphatic carbocycles. The smallest absolute Gasteiger partial charge is 0.243 e. The van der Waals surface area contributed by atoms with E-state index in [1.807, 2.05) is 40.8 Å². The molecule has 0 saturated heterocycles. The van der Waals surface area contributed by atoms with Crippen molar-refractivity contribution in [2.45, 2.75) is 51.1 Å². The van der Waals surface area contributed by atoms with E-state index in [4.69, 9.17) is 0 Å². The zero-order chi connectivity index (χ0) is 15.3. The average Bonchev–Trinajstić information content (AvgIpc) is 2.43. The molecule has 4 nitrogen and oxygen atoms in total. The van der Waals surface area contributed by atoms with Gasteiger partial charge >= 0.3 is 0 Å². The second-order valence-corrected chi connectivity index (χ2v) is 7.18. The minimum absolute atomic E-state index is 0.0367. The van der Waals surface area contributed by atoms with Gasteiger partial charge in [0.05, 0.1) is 4.90 Å². The summed E-state index contributed by atoms with van der Waals surface area (Å²) in [7, 11) is -1.56. The van der Waals surface area contributed by atoms with E-state index in [1.54, 1.807) is 22.5 Å². The van der Waals surface area contributed by atoms with Gasteiger partial charge in [0.1, 0.15) is 0 Å². The highest BCUT2D eigenvalue weighted by Crippen LogP contribution is 2.22. The first-order valence-electron chi connectivity index (χ1n) is 7.13. The zero-order valence-corrected chi connectivity index (χ0v) is 13.9. The summed E-state index contributed by atoms with van der Waals surface area (Å²) in [4.78, 5) is 0.374. The van der Waals surface area contributed by atoms with Crippen LogP contribution in [-0.2, 0) is 10.0 Å². The third kappa shape index (κ3) is 3.81. The van der Waals surface area contributed by atoms with Gasteiger partial charge in [-0.05, 0) is 51.9 Å². The number of nitrogens with zero attached hydrogens (tertiary/aromatic N) is 1. The van der Waals surface area contributed by atoms with Gasteiger partial charge in [-0.25, -0.2) is 8.42 Å². The fourth-order valence-corrected chi connectivity index (χ4v) is 3.91. The number of rotatable bonds is 7. The van der Waals surface area contributed by atoms with E-state index in [0.29, 0.717) is 11.4 Å².